The van der Waals surface area contributed by atoms with Gasteiger partial charge in [0.25, 0.3) is 5.56 Å². The molecule has 0 N–H and O–H groups in total. The predicted octanol–water partition coefficient (Wildman–Crippen LogP) is 2.88. The molecule has 4 rings (SSSR count). The Kier molecular flexibility index (Phi) is 3.96. The van der Waals surface area contributed by atoms with Gasteiger partial charge in [-0.05, 0) is 19.1 Å². The van der Waals surface area contributed by atoms with Crippen LogP contribution in [-0.4, -0.2) is 27.1 Å². The van der Waals surface area contributed by atoms with Crippen molar-refractivity contribution in [1.82, 2.24) is 9.36 Å². The summed E-state index contributed by atoms with van der Waals surface area (Å²) in [5.74, 6) is -1.54. The van der Waals surface area contributed by atoms with Crippen molar-refractivity contribution in [2.45, 2.75) is 6.92 Å². The number of aliphatic imine (C=N–C) groups is 1. The van der Waals surface area contributed by atoms with Crippen molar-refractivity contribution < 1.29 is 9.59 Å². The molecule has 1 aliphatic carbocycles. The maximum Gasteiger partial charge on any atom is 0.297 e. The third kappa shape index (κ3) is 2.57. The smallest absolute Gasteiger partial charge is 0.293 e. The molecule has 0 atom stereocenters. The second kappa shape index (κ2) is 6.32. The molecular weight excluding hydrogens is 342 g/mol. The molecule has 134 valence electrons. The van der Waals surface area contributed by atoms with Gasteiger partial charge in [0.1, 0.15) is 5.92 Å². The number of Topliss-reactive ketones (excluding diaryl/α,β-unsaturated/α-hetero) is 2. The zero-order valence-electron chi connectivity index (χ0n) is 14.9. The van der Waals surface area contributed by atoms with Crippen LogP contribution in [0.2, 0.25) is 0 Å². The van der Waals surface area contributed by atoms with Crippen LogP contribution in [-0.2, 0) is 7.05 Å². The van der Waals surface area contributed by atoms with Gasteiger partial charge in [-0.2, -0.15) is 0 Å². The molecule has 0 saturated heterocycles. The van der Waals surface area contributed by atoms with Gasteiger partial charge in [-0.15, -0.1) is 0 Å². The second-order valence-electron chi connectivity index (χ2n) is 6.44. The summed E-state index contributed by atoms with van der Waals surface area (Å²) >= 11 is 0. The van der Waals surface area contributed by atoms with Crippen LogP contribution in [0.1, 0.15) is 26.4 Å². The summed E-state index contributed by atoms with van der Waals surface area (Å²) in [5.41, 5.74) is 2.10. The number of rotatable bonds is 3. The average molecular weight is 359 g/mol. The first-order valence-electron chi connectivity index (χ1n) is 8.56. The van der Waals surface area contributed by atoms with Crippen molar-refractivity contribution in [1.29, 1.82) is 0 Å². The number of fused-ring (bicyclic) bond motifs is 1. The lowest BCUT2D eigenvalue weighted by Gasteiger charge is -2.07. The Balaban J connectivity index is 1.74. The van der Waals surface area contributed by atoms with Crippen LogP contribution in [0.3, 0.4) is 0 Å². The molecule has 6 heteroatoms. The van der Waals surface area contributed by atoms with Gasteiger partial charge < -0.3 is 0 Å². The first-order valence-corrected chi connectivity index (χ1v) is 8.56. The van der Waals surface area contributed by atoms with E-state index in [1.165, 1.54) is 10.9 Å². The number of nitrogens with zero attached hydrogens (tertiary/aromatic N) is 3. The lowest BCUT2D eigenvalue weighted by molar-refractivity contribution is 0.0886. The maximum atomic E-state index is 12.9. The Morgan fingerprint density at radius 1 is 0.889 bits per heavy atom. The van der Waals surface area contributed by atoms with E-state index in [-0.39, 0.29) is 22.8 Å². The number of para-hydroxylation sites is 1. The molecule has 0 unspecified atom stereocenters. The fourth-order valence-electron chi connectivity index (χ4n) is 3.35. The van der Waals surface area contributed by atoms with Crippen LogP contribution < -0.4 is 5.56 Å². The van der Waals surface area contributed by atoms with Gasteiger partial charge >= 0.3 is 0 Å². The highest BCUT2D eigenvalue weighted by Crippen LogP contribution is 2.26. The first-order chi connectivity index (χ1) is 13.0. The molecule has 3 aromatic rings. The zero-order chi connectivity index (χ0) is 19.1. The molecule has 0 spiro atoms. The van der Waals surface area contributed by atoms with Crippen molar-refractivity contribution in [3.63, 3.8) is 0 Å². The Morgan fingerprint density at radius 3 is 2.04 bits per heavy atom. The van der Waals surface area contributed by atoms with Gasteiger partial charge in [-0.1, -0.05) is 42.5 Å². The standard InChI is InChI=1S/C21H17N3O3/c1-13-18(21(27)24(23(13)2)14-8-4-3-5-9-14)22-12-17-19(25)15-10-6-7-11-16(15)20(17)26/h3-12,17H,1-2H3. The monoisotopic (exact) mass is 359 g/mol. The number of hydrogen-bond acceptors (Lipinski definition) is 4. The van der Waals surface area contributed by atoms with Crippen LogP contribution >= 0.6 is 0 Å². The van der Waals surface area contributed by atoms with E-state index < -0.39 is 5.92 Å². The molecule has 0 amide bonds. The van der Waals surface area contributed by atoms with Crippen molar-refractivity contribution in [2.75, 3.05) is 0 Å². The summed E-state index contributed by atoms with van der Waals surface area (Å²) in [5, 5.41) is 0. The minimum absolute atomic E-state index is 0.220. The summed E-state index contributed by atoms with van der Waals surface area (Å²) < 4.78 is 3.21. The zero-order valence-corrected chi connectivity index (χ0v) is 14.9. The average Bonchev–Trinajstić information content (AvgIpc) is 3.06. The van der Waals surface area contributed by atoms with Crippen LogP contribution in [0.25, 0.3) is 5.69 Å². The van der Waals surface area contributed by atoms with E-state index in [9.17, 15) is 14.4 Å². The Bertz CT molecular complexity index is 1120. The number of hydrogen-bond donors (Lipinski definition) is 0. The normalized spacial score (nSPS) is 14.3. The molecular formula is C21H17N3O3. The van der Waals surface area contributed by atoms with E-state index in [1.807, 2.05) is 30.3 Å². The molecule has 1 heterocycles. The Hall–Kier alpha value is -3.54. The minimum atomic E-state index is -0.980. The third-order valence-electron chi connectivity index (χ3n) is 4.90. The first kappa shape index (κ1) is 16.9. The van der Waals surface area contributed by atoms with Crippen LogP contribution in [0.15, 0.2) is 64.4 Å². The van der Waals surface area contributed by atoms with E-state index in [4.69, 9.17) is 0 Å². The van der Waals surface area contributed by atoms with Crippen LogP contribution in [0, 0.1) is 12.8 Å². The summed E-state index contributed by atoms with van der Waals surface area (Å²) in [6.07, 6.45) is 1.30. The van der Waals surface area contributed by atoms with Gasteiger partial charge in [-0.3, -0.25) is 24.1 Å². The Morgan fingerprint density at radius 2 is 1.44 bits per heavy atom. The highest BCUT2D eigenvalue weighted by molar-refractivity contribution is 6.33. The number of benzene rings is 2. The molecule has 1 aliphatic rings. The summed E-state index contributed by atoms with van der Waals surface area (Å²) in [6.45, 7) is 1.78. The molecule has 6 nitrogen and oxygen atoms in total. The minimum Gasteiger partial charge on any atom is -0.293 e. The van der Waals surface area contributed by atoms with Crippen molar-refractivity contribution >= 4 is 23.5 Å². The largest absolute Gasteiger partial charge is 0.297 e. The highest BCUT2D eigenvalue weighted by Gasteiger charge is 2.37. The van der Waals surface area contributed by atoms with Crippen LogP contribution in [0.4, 0.5) is 5.69 Å². The maximum absolute atomic E-state index is 12.9. The van der Waals surface area contributed by atoms with Gasteiger partial charge in [0.2, 0.25) is 0 Å². The number of carbonyl (C=O) groups is 2. The SMILES string of the molecule is Cc1c(N=CC2C(=O)c3ccccc3C2=O)c(=O)n(-c2ccccc2)n1C. The van der Waals surface area contributed by atoms with Gasteiger partial charge in [-0.25, -0.2) is 4.68 Å². The molecule has 27 heavy (non-hydrogen) atoms. The molecule has 0 bridgehead atoms. The lowest BCUT2D eigenvalue weighted by Crippen LogP contribution is -2.19. The van der Waals surface area contributed by atoms with Gasteiger partial charge in [0.05, 0.1) is 11.4 Å². The van der Waals surface area contributed by atoms with Gasteiger partial charge in [0, 0.05) is 24.4 Å². The quantitative estimate of drug-likeness (QED) is 0.533. The van der Waals surface area contributed by atoms with E-state index in [1.54, 1.807) is 42.9 Å². The summed E-state index contributed by atoms with van der Waals surface area (Å²) in [6, 6.07) is 16.0. The summed E-state index contributed by atoms with van der Waals surface area (Å²) in [4.78, 5) is 42.1. The number of carbonyl (C=O) groups excluding carboxylic acids is 2. The van der Waals surface area contributed by atoms with E-state index in [0.29, 0.717) is 16.8 Å². The molecule has 0 saturated carbocycles. The molecule has 0 fully saturated rings. The number of aromatic nitrogens is 2. The second-order valence-corrected chi connectivity index (χ2v) is 6.44. The summed E-state index contributed by atoms with van der Waals surface area (Å²) in [7, 11) is 1.77. The van der Waals surface area contributed by atoms with Crippen molar-refractivity contribution in [3.05, 3.63) is 81.8 Å². The molecule has 0 aliphatic heterocycles. The van der Waals surface area contributed by atoms with Gasteiger partial charge in [0.15, 0.2) is 17.3 Å². The van der Waals surface area contributed by atoms with E-state index in [2.05, 4.69) is 4.99 Å². The highest BCUT2D eigenvalue weighted by atomic mass is 16.2. The third-order valence-corrected chi connectivity index (χ3v) is 4.90. The van der Waals surface area contributed by atoms with Crippen molar-refractivity contribution in [2.24, 2.45) is 18.0 Å². The fraction of sp³-hybridized carbons (Fsp3) is 0.143. The van der Waals surface area contributed by atoms with Crippen LogP contribution in [0.5, 0.6) is 0 Å². The lowest BCUT2D eigenvalue weighted by atomic mass is 10.1. The van der Waals surface area contributed by atoms with E-state index in [0.717, 1.165) is 5.69 Å². The topological polar surface area (TPSA) is 73.4 Å². The number of ketones is 2. The van der Waals surface area contributed by atoms with E-state index >= 15 is 0 Å². The Labute approximate surface area is 155 Å². The fourth-order valence-corrected chi connectivity index (χ4v) is 3.35. The molecule has 0 radical (unpaired) electrons. The van der Waals surface area contributed by atoms with Crippen molar-refractivity contribution in [3.8, 4) is 5.69 Å². The predicted molar refractivity (Wildman–Crippen MR) is 102 cm³/mol. The molecule has 1 aromatic heterocycles. The molecule has 2 aromatic carbocycles.